The van der Waals surface area contributed by atoms with E-state index in [1.54, 1.807) is 0 Å². The van der Waals surface area contributed by atoms with Crippen LogP contribution in [-0.2, 0) is 18.4 Å². The summed E-state index contributed by atoms with van der Waals surface area (Å²) in [6.07, 6.45) is 83.9. The molecule has 3 unspecified atom stereocenters. The van der Waals surface area contributed by atoms with Crippen molar-refractivity contribution >= 4 is 13.7 Å². The second kappa shape index (κ2) is 63.2. The van der Waals surface area contributed by atoms with Gasteiger partial charge in [-0.25, -0.2) is 4.57 Å². The first-order chi connectivity index (χ1) is 39.5. The van der Waals surface area contributed by atoms with Crippen molar-refractivity contribution < 1.29 is 32.9 Å². The Morgan fingerprint density at radius 1 is 0.420 bits per heavy atom. The van der Waals surface area contributed by atoms with Gasteiger partial charge in [0.15, 0.2) is 0 Å². The van der Waals surface area contributed by atoms with Crippen LogP contribution in [0, 0.1) is 0 Å². The van der Waals surface area contributed by atoms with Crippen LogP contribution in [0.4, 0.5) is 0 Å². The SMILES string of the molecule is CCCCCCC/C=C\C/C=C\C/C=C\CCCCCCCCCCCCCCCCC(=O)NC(COP(=O)(O)OCC[N+](C)(C)C)C(O)CCCCCCCCCCCCCCCCCCCCCCCCCCCCCCCC. The van der Waals surface area contributed by atoms with Crippen molar-refractivity contribution in [2.24, 2.45) is 0 Å². The Balaban J connectivity index is 4.01. The van der Waals surface area contributed by atoms with Gasteiger partial charge in [-0.05, 0) is 51.4 Å². The molecule has 0 saturated carbocycles. The third-order valence-electron chi connectivity index (χ3n) is 16.6. The maximum Gasteiger partial charge on any atom is 0.472 e. The molecule has 0 rings (SSSR count). The van der Waals surface area contributed by atoms with E-state index in [1.807, 2.05) is 21.1 Å². The third kappa shape index (κ3) is 66.1. The Bertz CT molecular complexity index is 1410. The first-order valence-corrected chi connectivity index (χ1v) is 37.3. The number of quaternary nitrogens is 1. The van der Waals surface area contributed by atoms with Gasteiger partial charge in [0.1, 0.15) is 13.2 Å². The highest BCUT2D eigenvalue weighted by molar-refractivity contribution is 7.47. The molecule has 3 N–H and O–H groups in total. The molecule has 0 aliphatic heterocycles. The molecular formula is C72H142N2O6P+. The number of allylic oxidation sites excluding steroid dienone is 6. The Morgan fingerprint density at radius 2 is 0.704 bits per heavy atom. The normalized spacial score (nSPS) is 13.8. The van der Waals surface area contributed by atoms with Crippen molar-refractivity contribution in [1.82, 2.24) is 5.32 Å². The van der Waals surface area contributed by atoms with E-state index in [9.17, 15) is 19.4 Å². The summed E-state index contributed by atoms with van der Waals surface area (Å²) >= 11 is 0. The predicted octanol–water partition coefficient (Wildman–Crippen LogP) is 22.8. The molecular weight excluding hydrogens is 1020 g/mol. The van der Waals surface area contributed by atoms with Gasteiger partial charge in [0.2, 0.25) is 5.91 Å². The van der Waals surface area contributed by atoms with Crippen LogP contribution in [-0.4, -0.2) is 73.4 Å². The Morgan fingerprint density at radius 3 is 1.02 bits per heavy atom. The highest BCUT2D eigenvalue weighted by Gasteiger charge is 2.28. The van der Waals surface area contributed by atoms with Crippen LogP contribution in [0.1, 0.15) is 367 Å². The van der Waals surface area contributed by atoms with E-state index >= 15 is 0 Å². The number of carbonyl (C=O) groups is 1. The molecule has 0 aromatic carbocycles. The number of phosphoric acid groups is 1. The van der Waals surface area contributed by atoms with Crippen LogP contribution >= 0.6 is 7.82 Å². The highest BCUT2D eigenvalue weighted by atomic mass is 31.2. The zero-order chi connectivity index (χ0) is 59.1. The maximum absolute atomic E-state index is 13.1. The predicted molar refractivity (Wildman–Crippen MR) is 355 cm³/mol. The lowest BCUT2D eigenvalue weighted by Gasteiger charge is -2.26. The molecule has 0 aromatic rings. The second-order valence-electron chi connectivity index (χ2n) is 26.0. The number of aliphatic hydroxyl groups is 1. The number of hydrogen-bond acceptors (Lipinski definition) is 5. The second-order valence-corrected chi connectivity index (χ2v) is 27.4. The van der Waals surface area contributed by atoms with E-state index in [2.05, 4.69) is 55.6 Å². The average Bonchev–Trinajstić information content (AvgIpc) is 3.43. The first-order valence-electron chi connectivity index (χ1n) is 35.9. The standard InChI is InChI=1S/C72H141N2O6P/c1-6-8-10-12-14-16-18-20-22-24-26-28-30-32-34-36-38-39-41-43-45-47-49-51-53-55-57-59-61-63-65-71(75)70(69-80-81(77,78)79-68-67-74(3,4)5)73-72(76)66-64-62-60-58-56-54-52-50-48-46-44-42-40-37-35-33-31-29-27-25-23-21-19-17-15-13-11-9-7-2/h19,21,25,27,31,33,70-71,75H,6-18,20,22-24,26,28-30,32,34-69H2,1-5H3,(H-,73,76,77,78)/p+1/b21-19-,27-25-,33-31-. The van der Waals surface area contributed by atoms with Gasteiger partial charge in [0.25, 0.3) is 0 Å². The van der Waals surface area contributed by atoms with Crippen LogP contribution in [0.2, 0.25) is 0 Å². The Labute approximate surface area is 506 Å². The minimum Gasteiger partial charge on any atom is -0.391 e. The lowest BCUT2D eigenvalue weighted by molar-refractivity contribution is -0.870. The van der Waals surface area contributed by atoms with E-state index in [0.717, 1.165) is 51.4 Å². The number of aliphatic hydroxyl groups excluding tert-OH is 1. The van der Waals surface area contributed by atoms with Gasteiger partial charge in [-0.15, -0.1) is 0 Å². The molecule has 0 saturated heterocycles. The molecule has 1 amide bonds. The van der Waals surface area contributed by atoms with Gasteiger partial charge in [-0.3, -0.25) is 13.8 Å². The van der Waals surface area contributed by atoms with Crippen LogP contribution in [0.3, 0.4) is 0 Å². The van der Waals surface area contributed by atoms with Gasteiger partial charge in [-0.2, -0.15) is 0 Å². The number of phosphoric ester groups is 1. The molecule has 0 aromatic heterocycles. The largest absolute Gasteiger partial charge is 0.472 e. The van der Waals surface area contributed by atoms with Gasteiger partial charge in [0, 0.05) is 6.42 Å². The van der Waals surface area contributed by atoms with Gasteiger partial charge in [0.05, 0.1) is 39.9 Å². The number of carbonyl (C=O) groups excluding carboxylic acids is 1. The molecule has 0 radical (unpaired) electrons. The quantitative estimate of drug-likeness (QED) is 0.0243. The number of nitrogens with one attached hydrogen (secondary N) is 1. The summed E-state index contributed by atoms with van der Waals surface area (Å²) in [5.74, 6) is -0.139. The molecule has 0 aliphatic carbocycles. The molecule has 9 heteroatoms. The van der Waals surface area contributed by atoms with Crippen molar-refractivity contribution in [3.05, 3.63) is 36.5 Å². The van der Waals surface area contributed by atoms with E-state index in [-0.39, 0.29) is 19.1 Å². The molecule has 0 heterocycles. The number of rotatable bonds is 67. The fourth-order valence-corrected chi connectivity index (χ4v) is 11.8. The maximum atomic E-state index is 13.1. The third-order valence-corrected chi connectivity index (χ3v) is 17.6. The molecule has 81 heavy (non-hydrogen) atoms. The van der Waals surface area contributed by atoms with Gasteiger partial charge < -0.3 is 19.8 Å². The number of unbranched alkanes of at least 4 members (excludes halogenated alkanes) is 48. The zero-order valence-electron chi connectivity index (χ0n) is 55.1. The van der Waals surface area contributed by atoms with Crippen LogP contribution in [0.15, 0.2) is 36.5 Å². The summed E-state index contributed by atoms with van der Waals surface area (Å²) in [6.45, 7) is 4.93. The van der Waals surface area contributed by atoms with Crippen molar-refractivity contribution in [2.45, 2.75) is 379 Å². The van der Waals surface area contributed by atoms with Gasteiger partial charge in [-0.1, -0.05) is 346 Å². The summed E-state index contributed by atoms with van der Waals surface area (Å²) < 4.78 is 23.9. The van der Waals surface area contributed by atoms with E-state index in [1.165, 1.54) is 289 Å². The van der Waals surface area contributed by atoms with E-state index in [0.29, 0.717) is 23.9 Å². The minimum absolute atomic E-state index is 0.0758. The molecule has 0 aliphatic rings. The summed E-state index contributed by atoms with van der Waals surface area (Å²) in [5.41, 5.74) is 0. The monoisotopic (exact) mass is 1160 g/mol. The topological polar surface area (TPSA) is 105 Å². The summed E-state index contributed by atoms with van der Waals surface area (Å²) in [4.78, 5) is 23.5. The summed E-state index contributed by atoms with van der Waals surface area (Å²) in [6, 6.07) is -0.763. The summed E-state index contributed by atoms with van der Waals surface area (Å²) in [5, 5.41) is 14.2. The van der Waals surface area contributed by atoms with Crippen molar-refractivity contribution in [1.29, 1.82) is 0 Å². The van der Waals surface area contributed by atoms with Gasteiger partial charge >= 0.3 is 7.82 Å². The van der Waals surface area contributed by atoms with Crippen molar-refractivity contribution in [3.8, 4) is 0 Å². The number of amides is 1. The fourth-order valence-electron chi connectivity index (χ4n) is 11.1. The Kier molecular flexibility index (Phi) is 62.2. The number of hydrogen-bond donors (Lipinski definition) is 3. The van der Waals surface area contributed by atoms with Crippen molar-refractivity contribution in [2.75, 3.05) is 40.9 Å². The van der Waals surface area contributed by atoms with Crippen molar-refractivity contribution in [3.63, 3.8) is 0 Å². The highest BCUT2D eigenvalue weighted by Crippen LogP contribution is 2.43. The molecule has 0 fully saturated rings. The summed E-state index contributed by atoms with van der Waals surface area (Å²) in [7, 11) is 1.63. The van der Waals surface area contributed by atoms with Crippen LogP contribution < -0.4 is 5.32 Å². The van der Waals surface area contributed by atoms with Crippen LogP contribution in [0.5, 0.6) is 0 Å². The first kappa shape index (κ1) is 79.7. The minimum atomic E-state index is -4.33. The lowest BCUT2D eigenvalue weighted by atomic mass is 10.0. The fraction of sp³-hybridized carbons (Fsp3) is 0.903. The average molecular weight is 1160 g/mol. The number of nitrogens with zero attached hydrogens (tertiary/aromatic N) is 1. The smallest absolute Gasteiger partial charge is 0.391 e. The molecule has 8 nitrogen and oxygen atoms in total. The van der Waals surface area contributed by atoms with E-state index < -0.39 is 20.0 Å². The molecule has 0 spiro atoms. The molecule has 3 atom stereocenters. The molecule has 0 bridgehead atoms. The van der Waals surface area contributed by atoms with E-state index in [4.69, 9.17) is 9.05 Å². The zero-order valence-corrected chi connectivity index (χ0v) is 55.9. The number of likely N-dealkylation sites (N-methyl/N-ethyl adjacent to an activating group) is 1. The lowest BCUT2D eigenvalue weighted by Crippen LogP contribution is -2.46. The molecule has 480 valence electrons. The van der Waals surface area contributed by atoms with Crippen LogP contribution in [0.25, 0.3) is 0 Å². The Hall–Kier alpha value is -1.28.